The van der Waals surface area contributed by atoms with E-state index in [0.717, 1.165) is 33.5 Å². The Morgan fingerprint density at radius 3 is 2.65 bits per heavy atom. The molecule has 20 heavy (non-hydrogen) atoms. The summed E-state index contributed by atoms with van der Waals surface area (Å²) in [6.45, 7) is 3.91. The third-order valence-electron chi connectivity index (χ3n) is 3.44. The predicted molar refractivity (Wildman–Crippen MR) is 79.1 cm³/mol. The Morgan fingerprint density at radius 2 is 1.95 bits per heavy atom. The highest BCUT2D eigenvalue weighted by Crippen LogP contribution is 2.25. The van der Waals surface area contributed by atoms with Gasteiger partial charge in [-0.15, -0.1) is 0 Å². The number of hydrazine groups is 1. The van der Waals surface area contributed by atoms with Crippen LogP contribution in [0.2, 0.25) is 0 Å². The summed E-state index contributed by atoms with van der Waals surface area (Å²) < 4.78 is 5.36. The summed E-state index contributed by atoms with van der Waals surface area (Å²) in [7, 11) is 0. The summed E-state index contributed by atoms with van der Waals surface area (Å²) in [5.74, 6) is 6.58. The van der Waals surface area contributed by atoms with Crippen molar-refractivity contribution >= 4 is 10.9 Å². The molecule has 3 aromatic rings. The molecule has 2 heterocycles. The molecular weight excluding hydrogens is 250 g/mol. The van der Waals surface area contributed by atoms with E-state index in [4.69, 9.17) is 10.3 Å². The monoisotopic (exact) mass is 267 g/mol. The predicted octanol–water partition coefficient (Wildman–Crippen LogP) is 3.00. The molecule has 2 aromatic heterocycles. The first kappa shape index (κ1) is 12.8. The van der Waals surface area contributed by atoms with Crippen LogP contribution in [-0.2, 0) is 0 Å². The van der Waals surface area contributed by atoms with Crippen LogP contribution in [0, 0.1) is 13.8 Å². The molecule has 1 atom stereocenters. The van der Waals surface area contributed by atoms with E-state index in [2.05, 4.69) is 22.5 Å². The number of nitrogens with one attached hydrogen (secondary N) is 1. The number of benzene rings is 1. The molecule has 0 aliphatic rings. The van der Waals surface area contributed by atoms with Crippen LogP contribution < -0.4 is 11.3 Å². The second-order valence-corrected chi connectivity index (χ2v) is 5.00. The van der Waals surface area contributed by atoms with Crippen molar-refractivity contribution in [3.05, 3.63) is 65.2 Å². The topological polar surface area (TPSA) is 64.1 Å². The van der Waals surface area contributed by atoms with Gasteiger partial charge in [-0.3, -0.25) is 10.8 Å². The first-order chi connectivity index (χ1) is 9.67. The van der Waals surface area contributed by atoms with Crippen LogP contribution in [0.1, 0.15) is 28.6 Å². The fourth-order valence-corrected chi connectivity index (χ4v) is 2.43. The van der Waals surface area contributed by atoms with E-state index in [9.17, 15) is 0 Å². The van der Waals surface area contributed by atoms with Crippen molar-refractivity contribution < 1.29 is 4.42 Å². The zero-order chi connectivity index (χ0) is 14.1. The Kier molecular flexibility index (Phi) is 3.26. The molecular formula is C16H17N3O. The van der Waals surface area contributed by atoms with E-state index < -0.39 is 0 Å². The molecule has 3 N–H and O–H groups in total. The average Bonchev–Trinajstić information content (AvgIpc) is 2.86. The smallest absolute Gasteiger partial charge is 0.101 e. The number of nitrogens with zero attached hydrogens (tertiary/aromatic N) is 1. The number of furan rings is 1. The van der Waals surface area contributed by atoms with E-state index in [1.807, 2.05) is 38.1 Å². The molecule has 0 saturated carbocycles. The van der Waals surface area contributed by atoms with Crippen LogP contribution in [0.4, 0.5) is 0 Å². The van der Waals surface area contributed by atoms with Crippen molar-refractivity contribution in [3.8, 4) is 0 Å². The molecule has 0 amide bonds. The molecule has 0 saturated heterocycles. The molecule has 4 nitrogen and oxygen atoms in total. The summed E-state index contributed by atoms with van der Waals surface area (Å²) in [6, 6.07) is 12.2. The summed E-state index contributed by atoms with van der Waals surface area (Å²) in [6.07, 6.45) is 1.73. The van der Waals surface area contributed by atoms with Gasteiger partial charge < -0.3 is 4.42 Å². The molecule has 0 fully saturated rings. The highest BCUT2D eigenvalue weighted by Gasteiger charge is 2.15. The fraction of sp³-hybridized carbons (Fsp3) is 0.188. The lowest BCUT2D eigenvalue weighted by atomic mass is 9.99. The van der Waals surface area contributed by atoms with Gasteiger partial charge in [0.25, 0.3) is 0 Å². The van der Waals surface area contributed by atoms with Gasteiger partial charge in [-0.25, -0.2) is 5.43 Å². The Bertz CT molecular complexity index is 748. The normalized spacial score (nSPS) is 12.8. The number of aryl methyl sites for hydroxylation is 2. The second kappa shape index (κ2) is 5.07. The van der Waals surface area contributed by atoms with Gasteiger partial charge in [0.1, 0.15) is 5.76 Å². The molecule has 0 aliphatic carbocycles. The Labute approximate surface area is 117 Å². The lowest BCUT2D eigenvalue weighted by molar-refractivity contribution is 0.526. The second-order valence-electron chi connectivity index (χ2n) is 5.00. The highest BCUT2D eigenvalue weighted by molar-refractivity contribution is 5.79. The third kappa shape index (κ3) is 2.31. The van der Waals surface area contributed by atoms with Crippen molar-refractivity contribution in [2.24, 2.45) is 5.84 Å². The molecule has 0 spiro atoms. The van der Waals surface area contributed by atoms with Gasteiger partial charge in [-0.2, -0.15) is 0 Å². The quantitative estimate of drug-likeness (QED) is 0.565. The Balaban J connectivity index is 2.05. The minimum Gasteiger partial charge on any atom is -0.469 e. The summed E-state index contributed by atoms with van der Waals surface area (Å²) in [5, 5.41) is 1.11. The third-order valence-corrected chi connectivity index (χ3v) is 3.44. The van der Waals surface area contributed by atoms with E-state index in [1.54, 1.807) is 6.26 Å². The van der Waals surface area contributed by atoms with Gasteiger partial charge in [0, 0.05) is 16.6 Å². The standard InChI is InChI=1S/C16H17N3O/c1-10-3-4-12-8-13(5-6-15(12)18-10)16(19-17)14-7-11(2)20-9-14/h3-9,16,19H,17H2,1-2H3. The van der Waals surface area contributed by atoms with Crippen molar-refractivity contribution in [1.29, 1.82) is 0 Å². The lowest BCUT2D eigenvalue weighted by Gasteiger charge is -2.15. The Morgan fingerprint density at radius 1 is 1.10 bits per heavy atom. The van der Waals surface area contributed by atoms with Gasteiger partial charge >= 0.3 is 0 Å². The van der Waals surface area contributed by atoms with E-state index >= 15 is 0 Å². The molecule has 4 heteroatoms. The van der Waals surface area contributed by atoms with Crippen molar-refractivity contribution in [2.75, 3.05) is 0 Å². The van der Waals surface area contributed by atoms with Crippen molar-refractivity contribution in [3.63, 3.8) is 0 Å². The van der Waals surface area contributed by atoms with Crippen LogP contribution in [0.5, 0.6) is 0 Å². The molecule has 3 rings (SSSR count). The number of aromatic nitrogens is 1. The van der Waals surface area contributed by atoms with Crippen molar-refractivity contribution in [2.45, 2.75) is 19.9 Å². The van der Waals surface area contributed by atoms with Crippen LogP contribution in [-0.4, -0.2) is 4.98 Å². The van der Waals surface area contributed by atoms with Crippen LogP contribution in [0.25, 0.3) is 10.9 Å². The number of pyridine rings is 1. The summed E-state index contributed by atoms with van der Waals surface area (Å²) in [4.78, 5) is 4.51. The summed E-state index contributed by atoms with van der Waals surface area (Å²) >= 11 is 0. The van der Waals surface area contributed by atoms with Crippen LogP contribution in [0.15, 0.2) is 47.1 Å². The molecule has 102 valence electrons. The fourth-order valence-electron chi connectivity index (χ4n) is 2.43. The average molecular weight is 267 g/mol. The Hall–Kier alpha value is -2.17. The maximum atomic E-state index is 5.71. The van der Waals surface area contributed by atoms with Gasteiger partial charge in [-0.1, -0.05) is 12.1 Å². The van der Waals surface area contributed by atoms with Gasteiger partial charge in [0.2, 0.25) is 0 Å². The first-order valence-electron chi connectivity index (χ1n) is 6.56. The number of rotatable bonds is 3. The zero-order valence-electron chi connectivity index (χ0n) is 11.6. The maximum absolute atomic E-state index is 5.71. The molecule has 0 radical (unpaired) electrons. The first-order valence-corrected chi connectivity index (χ1v) is 6.56. The van der Waals surface area contributed by atoms with Gasteiger partial charge in [0.15, 0.2) is 0 Å². The SMILES string of the molecule is Cc1ccc2cc(C(NN)c3coc(C)c3)ccc2n1. The zero-order valence-corrected chi connectivity index (χ0v) is 11.6. The minimum atomic E-state index is -0.0850. The minimum absolute atomic E-state index is 0.0850. The molecule has 0 bridgehead atoms. The number of hydrogen-bond donors (Lipinski definition) is 2. The maximum Gasteiger partial charge on any atom is 0.101 e. The molecule has 1 unspecified atom stereocenters. The van der Waals surface area contributed by atoms with E-state index in [1.165, 1.54) is 0 Å². The van der Waals surface area contributed by atoms with E-state index in [0.29, 0.717) is 0 Å². The highest BCUT2D eigenvalue weighted by atomic mass is 16.3. The number of hydrogen-bond acceptors (Lipinski definition) is 4. The number of nitrogens with two attached hydrogens (primary N) is 1. The largest absolute Gasteiger partial charge is 0.469 e. The van der Waals surface area contributed by atoms with Crippen LogP contribution >= 0.6 is 0 Å². The molecule has 1 aromatic carbocycles. The van der Waals surface area contributed by atoms with Crippen molar-refractivity contribution in [1.82, 2.24) is 10.4 Å². The van der Waals surface area contributed by atoms with E-state index in [-0.39, 0.29) is 6.04 Å². The van der Waals surface area contributed by atoms with Gasteiger partial charge in [0.05, 0.1) is 17.8 Å². The molecule has 0 aliphatic heterocycles. The number of fused-ring (bicyclic) bond motifs is 1. The summed E-state index contributed by atoms with van der Waals surface area (Å²) in [5.41, 5.74) is 6.96. The van der Waals surface area contributed by atoms with Gasteiger partial charge in [-0.05, 0) is 43.7 Å². The lowest BCUT2D eigenvalue weighted by Crippen LogP contribution is -2.28. The van der Waals surface area contributed by atoms with Crippen LogP contribution in [0.3, 0.4) is 0 Å².